The summed E-state index contributed by atoms with van der Waals surface area (Å²) >= 11 is 0. The van der Waals surface area contributed by atoms with Crippen molar-refractivity contribution in [3.05, 3.63) is 65.2 Å². The second kappa shape index (κ2) is 11.3. The molecule has 2 rings (SSSR count). The molecule has 0 radical (unpaired) electrons. The Morgan fingerprint density at radius 2 is 1.92 bits per heavy atom. The van der Waals surface area contributed by atoms with E-state index in [4.69, 9.17) is 10.5 Å². The van der Waals surface area contributed by atoms with E-state index < -0.39 is 5.91 Å². The van der Waals surface area contributed by atoms with E-state index in [1.54, 1.807) is 25.3 Å². The van der Waals surface area contributed by atoms with Crippen molar-refractivity contribution in [1.29, 1.82) is 0 Å². The average molecular weight is 468 g/mol. The second-order valence-corrected chi connectivity index (χ2v) is 5.43. The Morgan fingerprint density at radius 3 is 2.62 bits per heavy atom. The number of amides is 1. The maximum Gasteiger partial charge on any atom is 0.248 e. The van der Waals surface area contributed by atoms with Crippen molar-refractivity contribution in [3.63, 3.8) is 0 Å². The van der Waals surface area contributed by atoms with Crippen LogP contribution in [0.4, 0.5) is 0 Å². The van der Waals surface area contributed by atoms with Gasteiger partial charge in [0.05, 0.1) is 13.7 Å². The molecule has 140 valence electrons. The lowest BCUT2D eigenvalue weighted by Crippen LogP contribution is -2.36. The van der Waals surface area contributed by atoms with Gasteiger partial charge in [0.1, 0.15) is 5.75 Å². The van der Waals surface area contributed by atoms with Crippen LogP contribution in [0.5, 0.6) is 5.75 Å². The first kappa shape index (κ1) is 21.8. The number of nitrogens with two attached hydrogens (primary N) is 1. The van der Waals surface area contributed by atoms with Crippen molar-refractivity contribution in [2.24, 2.45) is 10.7 Å². The first-order chi connectivity index (χ1) is 12.1. The van der Waals surface area contributed by atoms with Crippen LogP contribution in [0, 0.1) is 0 Å². The molecule has 0 bridgehead atoms. The van der Waals surface area contributed by atoms with Crippen molar-refractivity contribution in [2.75, 3.05) is 13.7 Å². The maximum absolute atomic E-state index is 11.3. The summed E-state index contributed by atoms with van der Waals surface area (Å²) in [6.45, 7) is 3.80. The summed E-state index contributed by atoms with van der Waals surface area (Å²) in [6, 6.07) is 15.0. The molecule has 0 aromatic heterocycles. The van der Waals surface area contributed by atoms with Gasteiger partial charge in [-0.2, -0.15) is 0 Å². The smallest absolute Gasteiger partial charge is 0.248 e. The zero-order valence-electron chi connectivity index (χ0n) is 15.0. The third kappa shape index (κ3) is 6.55. The molecule has 2 aromatic carbocycles. The highest BCUT2D eigenvalue weighted by Crippen LogP contribution is 2.16. The topological polar surface area (TPSA) is 88.7 Å². The number of benzene rings is 2. The molecule has 0 aliphatic rings. The summed E-state index contributed by atoms with van der Waals surface area (Å²) in [5.41, 5.74) is 7.77. The molecule has 0 aliphatic heterocycles. The fourth-order valence-corrected chi connectivity index (χ4v) is 2.36. The summed E-state index contributed by atoms with van der Waals surface area (Å²) in [6.07, 6.45) is 0. The van der Waals surface area contributed by atoms with Gasteiger partial charge in [0.2, 0.25) is 5.91 Å². The zero-order valence-corrected chi connectivity index (χ0v) is 17.3. The van der Waals surface area contributed by atoms with Gasteiger partial charge >= 0.3 is 0 Å². The van der Waals surface area contributed by atoms with E-state index in [1.807, 2.05) is 37.3 Å². The number of carbonyl (C=O) groups is 1. The van der Waals surface area contributed by atoms with E-state index >= 15 is 0 Å². The van der Waals surface area contributed by atoms with Crippen molar-refractivity contribution in [3.8, 4) is 5.75 Å². The maximum atomic E-state index is 11.3. The van der Waals surface area contributed by atoms with Crippen LogP contribution in [0.1, 0.15) is 28.4 Å². The highest BCUT2D eigenvalue weighted by Gasteiger charge is 2.04. The van der Waals surface area contributed by atoms with Crippen molar-refractivity contribution < 1.29 is 9.53 Å². The van der Waals surface area contributed by atoms with Crippen molar-refractivity contribution in [2.45, 2.75) is 20.0 Å². The number of methoxy groups -OCH3 is 1. The van der Waals surface area contributed by atoms with E-state index in [2.05, 4.69) is 15.6 Å². The fraction of sp³-hybridized carbons (Fsp3) is 0.263. The van der Waals surface area contributed by atoms with Crippen LogP contribution in [-0.2, 0) is 13.1 Å². The van der Waals surface area contributed by atoms with E-state index in [-0.39, 0.29) is 24.0 Å². The summed E-state index contributed by atoms with van der Waals surface area (Å²) in [4.78, 5) is 15.8. The van der Waals surface area contributed by atoms with Crippen LogP contribution in [0.15, 0.2) is 53.5 Å². The molecule has 0 unspecified atom stereocenters. The minimum absolute atomic E-state index is 0. The molecule has 0 saturated carbocycles. The second-order valence-electron chi connectivity index (χ2n) is 5.43. The largest absolute Gasteiger partial charge is 0.496 e. The van der Waals surface area contributed by atoms with Crippen LogP contribution in [0.25, 0.3) is 0 Å². The Labute approximate surface area is 171 Å². The molecular formula is C19H25IN4O2. The van der Waals surface area contributed by atoms with Gasteiger partial charge in [0, 0.05) is 24.2 Å². The standard InChI is InChI=1S/C19H24N4O2.HI/c1-3-21-19(23-13-16-8-4-5-10-17(16)25-2)22-12-14-7-6-9-15(11-14)18(20)24;/h4-11H,3,12-13H2,1-2H3,(H2,20,24)(H2,21,22,23);1H. The molecule has 1 amide bonds. The fourth-order valence-electron chi connectivity index (χ4n) is 2.36. The SMILES string of the molecule is CCNC(=NCc1cccc(C(N)=O)c1)NCc1ccccc1OC.I. The van der Waals surface area contributed by atoms with Gasteiger partial charge in [-0.3, -0.25) is 4.79 Å². The van der Waals surface area contributed by atoms with E-state index in [0.29, 0.717) is 24.6 Å². The third-order valence-corrected chi connectivity index (χ3v) is 3.61. The Balaban J connectivity index is 0.00000338. The highest BCUT2D eigenvalue weighted by molar-refractivity contribution is 14.0. The highest BCUT2D eigenvalue weighted by atomic mass is 127. The Bertz CT molecular complexity index is 750. The normalized spacial score (nSPS) is 10.6. The predicted octanol–water partition coefficient (Wildman–Crippen LogP) is 2.67. The average Bonchev–Trinajstić information content (AvgIpc) is 2.64. The lowest BCUT2D eigenvalue weighted by atomic mass is 10.1. The molecule has 0 saturated heterocycles. The number of rotatable bonds is 7. The Morgan fingerprint density at radius 1 is 1.15 bits per heavy atom. The number of nitrogens with zero attached hydrogens (tertiary/aromatic N) is 1. The monoisotopic (exact) mass is 468 g/mol. The van der Waals surface area contributed by atoms with Crippen LogP contribution in [-0.4, -0.2) is 25.5 Å². The van der Waals surface area contributed by atoms with E-state index in [9.17, 15) is 4.79 Å². The molecule has 2 aromatic rings. The van der Waals surface area contributed by atoms with Crippen LogP contribution in [0.3, 0.4) is 0 Å². The summed E-state index contributed by atoms with van der Waals surface area (Å²) in [5.74, 6) is 1.09. The van der Waals surface area contributed by atoms with Crippen LogP contribution >= 0.6 is 24.0 Å². The van der Waals surface area contributed by atoms with Gasteiger partial charge in [-0.25, -0.2) is 4.99 Å². The lowest BCUT2D eigenvalue weighted by molar-refractivity contribution is 0.1000. The molecule has 4 N–H and O–H groups in total. The predicted molar refractivity (Wildman–Crippen MR) is 115 cm³/mol. The summed E-state index contributed by atoms with van der Waals surface area (Å²) < 4.78 is 5.36. The molecule has 0 spiro atoms. The quantitative estimate of drug-likeness (QED) is 0.331. The number of ether oxygens (including phenoxy) is 1. The van der Waals surface area contributed by atoms with Crippen LogP contribution < -0.4 is 21.1 Å². The Kier molecular flexibility index (Phi) is 9.50. The van der Waals surface area contributed by atoms with Gasteiger partial charge in [0.25, 0.3) is 0 Å². The molecular weight excluding hydrogens is 443 g/mol. The first-order valence-corrected chi connectivity index (χ1v) is 8.17. The minimum atomic E-state index is -0.438. The summed E-state index contributed by atoms with van der Waals surface area (Å²) in [5, 5.41) is 6.49. The first-order valence-electron chi connectivity index (χ1n) is 8.17. The van der Waals surface area contributed by atoms with Crippen molar-refractivity contribution >= 4 is 35.8 Å². The van der Waals surface area contributed by atoms with E-state index in [0.717, 1.165) is 23.4 Å². The van der Waals surface area contributed by atoms with Gasteiger partial charge in [0.15, 0.2) is 5.96 Å². The molecule has 0 aliphatic carbocycles. The van der Waals surface area contributed by atoms with Gasteiger partial charge in [-0.15, -0.1) is 24.0 Å². The third-order valence-electron chi connectivity index (χ3n) is 3.61. The molecule has 26 heavy (non-hydrogen) atoms. The van der Waals surface area contributed by atoms with Gasteiger partial charge in [-0.05, 0) is 30.7 Å². The number of primary amides is 1. The molecule has 6 nitrogen and oxygen atoms in total. The van der Waals surface area contributed by atoms with Gasteiger partial charge < -0.3 is 21.1 Å². The molecule has 0 fully saturated rings. The number of hydrogen-bond acceptors (Lipinski definition) is 3. The van der Waals surface area contributed by atoms with Gasteiger partial charge in [-0.1, -0.05) is 30.3 Å². The molecule has 0 heterocycles. The number of nitrogens with one attached hydrogen (secondary N) is 2. The molecule has 0 atom stereocenters. The van der Waals surface area contributed by atoms with Crippen molar-refractivity contribution in [1.82, 2.24) is 10.6 Å². The number of carbonyl (C=O) groups excluding carboxylic acids is 1. The zero-order chi connectivity index (χ0) is 18.1. The lowest BCUT2D eigenvalue weighted by Gasteiger charge is -2.13. The Hall–Kier alpha value is -2.29. The number of hydrogen-bond donors (Lipinski definition) is 3. The number of aliphatic imine (C=N–C) groups is 1. The number of guanidine groups is 1. The summed E-state index contributed by atoms with van der Waals surface area (Å²) in [7, 11) is 1.66. The minimum Gasteiger partial charge on any atom is -0.496 e. The molecule has 7 heteroatoms. The number of para-hydroxylation sites is 1. The van der Waals surface area contributed by atoms with E-state index in [1.165, 1.54) is 0 Å². The van der Waals surface area contributed by atoms with Crippen LogP contribution in [0.2, 0.25) is 0 Å². The number of halogens is 1.